The van der Waals surface area contributed by atoms with Gasteiger partial charge in [-0.05, 0) is 45.1 Å². The molecule has 25 heavy (non-hydrogen) atoms. The number of hydrogen-bond acceptors (Lipinski definition) is 4. The molecule has 3 unspecified atom stereocenters. The Morgan fingerprint density at radius 2 is 1.92 bits per heavy atom. The number of nitrogens with two attached hydrogens (primary N) is 1. The summed E-state index contributed by atoms with van der Waals surface area (Å²) in [5.74, 6) is -0.232. The second kappa shape index (κ2) is 7.91. The Balaban J connectivity index is 0.00000225. The van der Waals surface area contributed by atoms with Gasteiger partial charge in [-0.1, -0.05) is 25.7 Å². The Kier molecular flexibility index (Phi) is 6.32. The number of amides is 4. The molecule has 3 fully saturated rings. The van der Waals surface area contributed by atoms with Crippen LogP contribution in [0, 0.1) is 5.92 Å². The molecule has 3 aliphatic rings. The molecular formula is C17H29ClN4O3. The van der Waals surface area contributed by atoms with E-state index in [2.05, 4.69) is 10.6 Å². The lowest BCUT2D eigenvalue weighted by Gasteiger charge is -2.33. The minimum atomic E-state index is -0.794. The maximum atomic E-state index is 12.7. The molecule has 0 aromatic carbocycles. The summed E-state index contributed by atoms with van der Waals surface area (Å²) in [7, 11) is 0. The van der Waals surface area contributed by atoms with E-state index in [1.54, 1.807) is 6.92 Å². The number of imide groups is 1. The van der Waals surface area contributed by atoms with Crippen molar-refractivity contribution < 1.29 is 14.4 Å². The van der Waals surface area contributed by atoms with E-state index in [9.17, 15) is 14.4 Å². The van der Waals surface area contributed by atoms with Crippen LogP contribution in [0.1, 0.15) is 58.3 Å². The van der Waals surface area contributed by atoms with Crippen LogP contribution < -0.4 is 16.4 Å². The fourth-order valence-electron chi connectivity index (χ4n) is 4.41. The average Bonchev–Trinajstić information content (AvgIpc) is 3.13. The first-order valence-electron chi connectivity index (χ1n) is 9.15. The summed E-state index contributed by atoms with van der Waals surface area (Å²) in [4.78, 5) is 38.8. The number of rotatable bonds is 4. The number of urea groups is 1. The van der Waals surface area contributed by atoms with Crippen LogP contribution >= 0.6 is 12.4 Å². The van der Waals surface area contributed by atoms with Crippen LogP contribution in [0.25, 0.3) is 0 Å². The lowest BCUT2D eigenvalue weighted by Crippen LogP contribution is -2.54. The highest BCUT2D eigenvalue weighted by Gasteiger charge is 2.54. The monoisotopic (exact) mass is 372 g/mol. The van der Waals surface area contributed by atoms with Crippen LogP contribution in [-0.4, -0.2) is 46.9 Å². The number of carbonyl (C=O) groups excluding carboxylic acids is 3. The van der Waals surface area contributed by atoms with Gasteiger partial charge in [0.2, 0.25) is 5.91 Å². The van der Waals surface area contributed by atoms with Gasteiger partial charge < -0.3 is 16.4 Å². The van der Waals surface area contributed by atoms with Crippen molar-refractivity contribution in [3.8, 4) is 0 Å². The van der Waals surface area contributed by atoms with Crippen molar-refractivity contribution in [2.24, 2.45) is 11.7 Å². The molecule has 4 N–H and O–H groups in total. The van der Waals surface area contributed by atoms with Gasteiger partial charge in [-0.3, -0.25) is 9.59 Å². The van der Waals surface area contributed by atoms with E-state index in [0.29, 0.717) is 19.4 Å². The second-order valence-corrected chi connectivity index (χ2v) is 7.47. The maximum absolute atomic E-state index is 12.7. The Bertz CT molecular complexity index is 536. The molecule has 3 atom stereocenters. The molecule has 1 spiro atoms. The normalized spacial score (nSPS) is 29.3. The third-order valence-electron chi connectivity index (χ3n) is 5.96. The second-order valence-electron chi connectivity index (χ2n) is 7.47. The summed E-state index contributed by atoms with van der Waals surface area (Å²) >= 11 is 0. The third kappa shape index (κ3) is 3.62. The molecule has 142 valence electrons. The highest BCUT2D eigenvalue weighted by molar-refractivity contribution is 6.10. The van der Waals surface area contributed by atoms with Crippen molar-refractivity contribution >= 4 is 30.3 Å². The van der Waals surface area contributed by atoms with E-state index in [1.807, 2.05) is 0 Å². The molecule has 3 rings (SSSR count). The molecule has 0 radical (unpaired) electrons. The van der Waals surface area contributed by atoms with Gasteiger partial charge in [-0.25, -0.2) is 9.69 Å². The summed E-state index contributed by atoms with van der Waals surface area (Å²) in [5.41, 5.74) is 5.04. The number of nitrogens with zero attached hydrogens (tertiary/aromatic N) is 1. The van der Waals surface area contributed by atoms with Crippen LogP contribution in [0.4, 0.5) is 4.79 Å². The molecule has 7 nitrogen and oxygen atoms in total. The maximum Gasteiger partial charge on any atom is 0.325 e. The zero-order valence-corrected chi connectivity index (χ0v) is 15.6. The molecule has 0 bridgehead atoms. The predicted octanol–water partition coefficient (Wildman–Crippen LogP) is 1.30. The van der Waals surface area contributed by atoms with E-state index >= 15 is 0 Å². The molecule has 1 saturated heterocycles. The van der Waals surface area contributed by atoms with Gasteiger partial charge in [0.25, 0.3) is 5.91 Å². The molecule has 0 aromatic rings. The number of carbonyl (C=O) groups is 3. The van der Waals surface area contributed by atoms with Crippen molar-refractivity contribution in [2.75, 3.05) is 6.54 Å². The van der Waals surface area contributed by atoms with Crippen LogP contribution in [0.3, 0.4) is 0 Å². The first-order valence-corrected chi connectivity index (χ1v) is 9.15. The Hall–Kier alpha value is -1.34. The Morgan fingerprint density at radius 1 is 1.28 bits per heavy atom. The summed E-state index contributed by atoms with van der Waals surface area (Å²) in [6.45, 7) is 2.17. The highest BCUT2D eigenvalue weighted by atomic mass is 35.5. The number of nitrogens with one attached hydrogen (secondary N) is 2. The van der Waals surface area contributed by atoms with Crippen molar-refractivity contribution in [3.05, 3.63) is 0 Å². The van der Waals surface area contributed by atoms with Crippen LogP contribution in [-0.2, 0) is 9.59 Å². The SMILES string of the molecule is CC(C(=O)NC1CCCCC1CN)N1C(=O)NC2(CCCC2)C1=O.Cl. The van der Waals surface area contributed by atoms with E-state index in [4.69, 9.17) is 5.73 Å². The first kappa shape index (κ1) is 20.0. The molecule has 8 heteroatoms. The third-order valence-corrected chi connectivity index (χ3v) is 5.96. The smallest absolute Gasteiger partial charge is 0.325 e. The van der Waals surface area contributed by atoms with Gasteiger partial charge in [0, 0.05) is 6.04 Å². The highest BCUT2D eigenvalue weighted by Crippen LogP contribution is 2.35. The molecule has 2 aliphatic carbocycles. The topological polar surface area (TPSA) is 105 Å². The fraction of sp³-hybridized carbons (Fsp3) is 0.824. The molecule has 2 saturated carbocycles. The standard InChI is InChI=1S/C17H28N4O3.ClH/c1-11(14(22)19-13-7-3-2-6-12(13)10-18)21-15(23)17(20-16(21)24)8-4-5-9-17;/h11-13H,2-10,18H2,1H3,(H,19,22)(H,20,24);1H. The largest absolute Gasteiger partial charge is 0.351 e. The zero-order chi connectivity index (χ0) is 17.3. The minimum absolute atomic E-state index is 0. The van der Waals surface area contributed by atoms with Crippen molar-refractivity contribution in [1.29, 1.82) is 0 Å². The molecule has 4 amide bonds. The van der Waals surface area contributed by atoms with Gasteiger partial charge in [0.1, 0.15) is 11.6 Å². The number of hydrogen-bond donors (Lipinski definition) is 3. The summed E-state index contributed by atoms with van der Waals surface area (Å²) < 4.78 is 0. The van der Waals surface area contributed by atoms with Crippen LogP contribution in [0.2, 0.25) is 0 Å². The van der Waals surface area contributed by atoms with Crippen molar-refractivity contribution in [3.63, 3.8) is 0 Å². The van der Waals surface area contributed by atoms with E-state index in [1.165, 1.54) is 0 Å². The van der Waals surface area contributed by atoms with Gasteiger partial charge >= 0.3 is 6.03 Å². The Labute approximate surface area is 154 Å². The quantitative estimate of drug-likeness (QED) is 0.647. The van der Waals surface area contributed by atoms with Crippen LogP contribution in [0.5, 0.6) is 0 Å². The van der Waals surface area contributed by atoms with Gasteiger partial charge in [-0.2, -0.15) is 0 Å². The zero-order valence-electron chi connectivity index (χ0n) is 14.8. The summed E-state index contributed by atoms with van der Waals surface area (Å²) in [5, 5.41) is 5.85. The Morgan fingerprint density at radius 3 is 2.56 bits per heavy atom. The molecule has 1 aliphatic heterocycles. The molecular weight excluding hydrogens is 344 g/mol. The lowest BCUT2D eigenvalue weighted by molar-refractivity contribution is -0.138. The fourth-order valence-corrected chi connectivity index (χ4v) is 4.41. The minimum Gasteiger partial charge on any atom is -0.351 e. The molecule has 1 heterocycles. The summed E-state index contributed by atoms with van der Waals surface area (Å²) in [6.07, 6.45) is 7.33. The van der Waals surface area contributed by atoms with Crippen LogP contribution in [0.15, 0.2) is 0 Å². The van der Waals surface area contributed by atoms with Gasteiger partial charge in [0.15, 0.2) is 0 Å². The molecule has 0 aromatic heterocycles. The van der Waals surface area contributed by atoms with Gasteiger partial charge in [-0.15, -0.1) is 12.4 Å². The van der Waals surface area contributed by atoms with Crippen molar-refractivity contribution in [2.45, 2.75) is 75.9 Å². The lowest BCUT2D eigenvalue weighted by atomic mass is 9.84. The summed E-state index contributed by atoms with van der Waals surface area (Å²) in [6, 6.07) is -1.19. The van der Waals surface area contributed by atoms with E-state index in [-0.39, 0.29) is 36.2 Å². The average molecular weight is 373 g/mol. The predicted molar refractivity (Wildman–Crippen MR) is 96.2 cm³/mol. The van der Waals surface area contributed by atoms with E-state index in [0.717, 1.165) is 43.4 Å². The first-order chi connectivity index (χ1) is 11.5. The van der Waals surface area contributed by atoms with Crippen molar-refractivity contribution in [1.82, 2.24) is 15.5 Å². The van der Waals surface area contributed by atoms with E-state index < -0.39 is 17.6 Å². The van der Waals surface area contributed by atoms with Gasteiger partial charge in [0.05, 0.1) is 0 Å². The number of halogens is 1.